The van der Waals surface area contributed by atoms with Gasteiger partial charge in [-0.3, -0.25) is 4.79 Å². The molecule has 2 nitrogen and oxygen atoms in total. The van der Waals surface area contributed by atoms with Gasteiger partial charge < -0.3 is 4.74 Å². The van der Waals surface area contributed by atoms with Crippen LogP contribution in [0.5, 0.6) is 0 Å². The van der Waals surface area contributed by atoms with E-state index in [0.717, 1.165) is 0 Å². The van der Waals surface area contributed by atoms with Gasteiger partial charge in [-0.15, -0.1) is 0 Å². The van der Waals surface area contributed by atoms with E-state index >= 15 is 0 Å². The molecule has 0 heterocycles. The average Bonchev–Trinajstić information content (AvgIpc) is 2.57. The number of hydrogen-bond acceptors (Lipinski definition) is 2. The molecule has 0 amide bonds. The van der Waals surface area contributed by atoms with Crippen LogP contribution < -0.4 is 0 Å². The second-order valence-corrected chi connectivity index (χ2v) is 5.62. The maximum atomic E-state index is 13.6. The van der Waals surface area contributed by atoms with E-state index in [1.165, 1.54) is 13.8 Å². The molecule has 2 aromatic rings. The fourth-order valence-electron chi connectivity index (χ4n) is 2.60. The topological polar surface area (TPSA) is 26.3 Å². The van der Waals surface area contributed by atoms with Crippen LogP contribution in [0.1, 0.15) is 37.3 Å². The molecule has 0 aliphatic rings. The van der Waals surface area contributed by atoms with E-state index in [0.29, 0.717) is 24.3 Å². The largest absolute Gasteiger partial charge is 0.462 e. The van der Waals surface area contributed by atoms with Crippen LogP contribution in [-0.4, -0.2) is 12.1 Å². The lowest BCUT2D eigenvalue weighted by Crippen LogP contribution is -2.24. The van der Waals surface area contributed by atoms with Crippen molar-refractivity contribution in [1.82, 2.24) is 0 Å². The van der Waals surface area contributed by atoms with Crippen molar-refractivity contribution in [2.75, 3.05) is 0 Å². The van der Waals surface area contributed by atoms with Gasteiger partial charge in [0.15, 0.2) is 34.9 Å². The second kappa shape index (κ2) is 7.80. The predicted molar refractivity (Wildman–Crippen MR) is 80.3 cm³/mol. The Morgan fingerprint density at radius 1 is 0.846 bits per heavy atom. The number of carbonyl (C=O) groups excluding carboxylic acids is 1. The third-order valence-electron chi connectivity index (χ3n) is 3.81. The Labute approximate surface area is 145 Å². The summed E-state index contributed by atoms with van der Waals surface area (Å²) in [5.74, 6) is -11.5. The first kappa shape index (κ1) is 19.8. The van der Waals surface area contributed by atoms with Gasteiger partial charge in [0, 0.05) is 12.3 Å². The summed E-state index contributed by atoms with van der Waals surface area (Å²) in [7, 11) is 0. The minimum Gasteiger partial charge on any atom is -0.462 e. The van der Waals surface area contributed by atoms with Crippen LogP contribution in [0.4, 0.5) is 26.3 Å². The van der Waals surface area contributed by atoms with Crippen molar-refractivity contribution in [3.05, 3.63) is 70.3 Å². The van der Waals surface area contributed by atoms with Gasteiger partial charge in [-0.25, -0.2) is 26.3 Å². The van der Waals surface area contributed by atoms with Crippen molar-refractivity contribution in [3.8, 4) is 0 Å². The molecule has 0 saturated carbocycles. The molecule has 0 saturated heterocycles. The van der Waals surface area contributed by atoms with E-state index in [1.807, 2.05) is 0 Å². The molecule has 0 radical (unpaired) electrons. The maximum absolute atomic E-state index is 13.6. The lowest BCUT2D eigenvalue weighted by Gasteiger charge is -2.25. The molecule has 1 unspecified atom stereocenters. The summed E-state index contributed by atoms with van der Waals surface area (Å²) in [5.41, 5.74) is -0.466. The lowest BCUT2D eigenvalue weighted by atomic mass is 9.86. The summed E-state index contributed by atoms with van der Waals surface area (Å²) in [4.78, 5) is 11.5. The molecule has 0 bridgehead atoms. The Bertz CT molecular complexity index is 733. The third kappa shape index (κ3) is 4.00. The number of carbonyl (C=O) groups is 1. The molecule has 0 aliphatic carbocycles. The van der Waals surface area contributed by atoms with Crippen LogP contribution in [0, 0.1) is 34.9 Å². The van der Waals surface area contributed by atoms with Crippen molar-refractivity contribution in [1.29, 1.82) is 0 Å². The summed E-state index contributed by atoms with van der Waals surface area (Å²) in [6, 6.07) is 2.49. The number of esters is 1. The highest BCUT2D eigenvalue weighted by atomic mass is 19.2. The molecule has 0 aliphatic heterocycles. The van der Waals surface area contributed by atoms with Crippen molar-refractivity contribution >= 4 is 5.97 Å². The standard InChI is InChI=1S/C18H14F6O2/c1-3-15(25)26-8(2)16(9-4-11(19)17(23)12(20)5-9)10-6-13(21)18(24)14(22)7-10/h4-8,16H,3H2,1-2H3. The predicted octanol–water partition coefficient (Wildman–Crippen LogP) is 4.99. The van der Waals surface area contributed by atoms with Gasteiger partial charge >= 0.3 is 5.97 Å². The molecular formula is C18H14F6O2. The van der Waals surface area contributed by atoms with E-state index in [1.54, 1.807) is 0 Å². The molecule has 140 valence electrons. The minimum absolute atomic E-state index is 0.0185. The zero-order valence-electron chi connectivity index (χ0n) is 13.8. The summed E-state index contributed by atoms with van der Waals surface area (Å²) in [6.45, 7) is 2.83. The van der Waals surface area contributed by atoms with Crippen molar-refractivity contribution in [3.63, 3.8) is 0 Å². The number of halogens is 6. The quantitative estimate of drug-likeness (QED) is 0.417. The highest BCUT2D eigenvalue weighted by Crippen LogP contribution is 2.33. The third-order valence-corrected chi connectivity index (χ3v) is 3.81. The van der Waals surface area contributed by atoms with Gasteiger partial charge in [-0.1, -0.05) is 6.92 Å². The van der Waals surface area contributed by atoms with Crippen molar-refractivity contribution < 1.29 is 35.9 Å². The van der Waals surface area contributed by atoms with Crippen LogP contribution in [0.3, 0.4) is 0 Å². The molecule has 2 aromatic carbocycles. The molecule has 1 atom stereocenters. The summed E-state index contributed by atoms with van der Waals surface area (Å²) in [6.07, 6.45) is -1.15. The van der Waals surface area contributed by atoms with E-state index in [9.17, 15) is 31.1 Å². The van der Waals surface area contributed by atoms with Gasteiger partial charge in [0.2, 0.25) is 0 Å². The first-order valence-corrected chi connectivity index (χ1v) is 7.64. The fraction of sp³-hybridized carbons (Fsp3) is 0.278. The molecule has 26 heavy (non-hydrogen) atoms. The summed E-state index contributed by atoms with van der Waals surface area (Å²) < 4.78 is 85.9. The van der Waals surface area contributed by atoms with E-state index in [-0.39, 0.29) is 17.5 Å². The summed E-state index contributed by atoms with van der Waals surface area (Å²) >= 11 is 0. The minimum atomic E-state index is -1.72. The Morgan fingerprint density at radius 2 is 1.19 bits per heavy atom. The normalized spacial score (nSPS) is 12.3. The number of hydrogen-bond donors (Lipinski definition) is 0. The van der Waals surface area contributed by atoms with Crippen molar-refractivity contribution in [2.24, 2.45) is 0 Å². The monoisotopic (exact) mass is 376 g/mol. The van der Waals surface area contributed by atoms with Crippen LogP contribution in [-0.2, 0) is 9.53 Å². The highest BCUT2D eigenvalue weighted by Gasteiger charge is 2.28. The van der Waals surface area contributed by atoms with Crippen LogP contribution >= 0.6 is 0 Å². The SMILES string of the molecule is CCC(=O)OC(C)C(c1cc(F)c(F)c(F)c1)c1cc(F)c(F)c(F)c1. The lowest BCUT2D eigenvalue weighted by molar-refractivity contribution is -0.148. The van der Waals surface area contributed by atoms with Gasteiger partial charge in [0.05, 0.1) is 0 Å². The van der Waals surface area contributed by atoms with Crippen LogP contribution in [0.2, 0.25) is 0 Å². The molecular weight excluding hydrogens is 362 g/mol. The first-order valence-electron chi connectivity index (χ1n) is 7.64. The first-order chi connectivity index (χ1) is 12.1. The Hall–Kier alpha value is -2.51. The molecule has 8 heteroatoms. The maximum Gasteiger partial charge on any atom is 0.305 e. The molecule has 2 rings (SSSR count). The van der Waals surface area contributed by atoms with Crippen molar-refractivity contribution in [2.45, 2.75) is 32.3 Å². The zero-order valence-corrected chi connectivity index (χ0v) is 13.8. The highest BCUT2D eigenvalue weighted by molar-refractivity contribution is 5.69. The molecule has 0 N–H and O–H groups in total. The smallest absolute Gasteiger partial charge is 0.305 e. The number of rotatable bonds is 5. The van der Waals surface area contributed by atoms with Crippen LogP contribution in [0.15, 0.2) is 24.3 Å². The Balaban J connectivity index is 2.61. The van der Waals surface area contributed by atoms with Gasteiger partial charge in [-0.05, 0) is 42.3 Å². The number of ether oxygens (including phenoxy) is 1. The molecule has 0 aromatic heterocycles. The van der Waals surface area contributed by atoms with Gasteiger partial charge in [-0.2, -0.15) is 0 Å². The Kier molecular flexibility index (Phi) is 5.94. The average molecular weight is 376 g/mol. The zero-order chi connectivity index (χ0) is 19.6. The molecule has 0 fully saturated rings. The van der Waals surface area contributed by atoms with Gasteiger partial charge in [0.25, 0.3) is 0 Å². The van der Waals surface area contributed by atoms with E-state index in [4.69, 9.17) is 4.74 Å². The Morgan fingerprint density at radius 3 is 1.50 bits per heavy atom. The second-order valence-electron chi connectivity index (χ2n) is 5.62. The van der Waals surface area contributed by atoms with Crippen LogP contribution in [0.25, 0.3) is 0 Å². The number of benzene rings is 2. The fourth-order valence-corrected chi connectivity index (χ4v) is 2.60. The van der Waals surface area contributed by atoms with E-state index in [2.05, 4.69) is 0 Å². The van der Waals surface area contributed by atoms with Gasteiger partial charge in [0.1, 0.15) is 6.10 Å². The van der Waals surface area contributed by atoms with E-state index < -0.39 is 52.9 Å². The molecule has 0 spiro atoms. The summed E-state index contributed by atoms with van der Waals surface area (Å²) in [5, 5.41) is 0.